The molecule has 0 aliphatic heterocycles. The van der Waals surface area contributed by atoms with E-state index < -0.39 is 17.9 Å². The van der Waals surface area contributed by atoms with Gasteiger partial charge < -0.3 is 15.7 Å². The average molecular weight is 256 g/mol. The first kappa shape index (κ1) is 13.7. The number of carbonyl (C=O) groups is 2. The van der Waals surface area contributed by atoms with Crippen molar-refractivity contribution in [1.82, 2.24) is 10.6 Å². The van der Waals surface area contributed by atoms with Gasteiger partial charge >= 0.3 is 11.8 Å². The number of rotatable bonds is 4. The van der Waals surface area contributed by atoms with E-state index in [1.165, 1.54) is 11.3 Å². The van der Waals surface area contributed by atoms with Crippen molar-refractivity contribution in [2.45, 2.75) is 20.0 Å². The molecule has 17 heavy (non-hydrogen) atoms. The topological polar surface area (TPSA) is 78.4 Å². The van der Waals surface area contributed by atoms with Gasteiger partial charge in [0.25, 0.3) is 0 Å². The van der Waals surface area contributed by atoms with E-state index in [2.05, 4.69) is 10.6 Å². The highest BCUT2D eigenvalue weighted by Gasteiger charge is 2.16. The summed E-state index contributed by atoms with van der Waals surface area (Å²) >= 11 is 1.43. The van der Waals surface area contributed by atoms with E-state index >= 15 is 0 Å². The van der Waals surface area contributed by atoms with Crippen molar-refractivity contribution in [2.24, 2.45) is 0 Å². The van der Waals surface area contributed by atoms with Crippen LogP contribution in [0.15, 0.2) is 11.4 Å². The number of aliphatic hydroxyl groups excluding tert-OH is 1. The molecule has 1 unspecified atom stereocenters. The molecule has 94 valence electrons. The van der Waals surface area contributed by atoms with Gasteiger partial charge in [0, 0.05) is 18.0 Å². The minimum absolute atomic E-state index is 0.0390. The van der Waals surface area contributed by atoms with E-state index in [1.54, 1.807) is 6.92 Å². The van der Waals surface area contributed by atoms with Crippen LogP contribution in [0.3, 0.4) is 0 Å². The molecule has 2 amide bonds. The van der Waals surface area contributed by atoms with Crippen LogP contribution in [0.5, 0.6) is 0 Å². The first-order chi connectivity index (χ1) is 8.06. The van der Waals surface area contributed by atoms with Crippen molar-refractivity contribution in [3.8, 4) is 0 Å². The molecule has 6 heteroatoms. The van der Waals surface area contributed by atoms with Gasteiger partial charge in [-0.1, -0.05) is 0 Å². The molecule has 0 aliphatic carbocycles. The summed E-state index contributed by atoms with van der Waals surface area (Å²) in [6, 6.07) is 1.90. The summed E-state index contributed by atoms with van der Waals surface area (Å²) in [6.45, 7) is 4.06. The third kappa shape index (κ3) is 3.83. The Labute approximate surface area is 104 Å². The first-order valence-corrected chi connectivity index (χ1v) is 6.22. The predicted octanol–water partition coefficient (Wildman–Crippen LogP) is 0.342. The van der Waals surface area contributed by atoms with Crippen molar-refractivity contribution < 1.29 is 14.7 Å². The van der Waals surface area contributed by atoms with Crippen molar-refractivity contribution >= 4 is 23.2 Å². The van der Waals surface area contributed by atoms with E-state index in [0.717, 1.165) is 10.4 Å². The van der Waals surface area contributed by atoms with E-state index in [1.807, 2.05) is 18.4 Å². The number of aliphatic hydroxyl groups is 1. The summed E-state index contributed by atoms with van der Waals surface area (Å²) in [5, 5.41) is 16.5. The molecular formula is C11H16N2O3S. The highest BCUT2D eigenvalue weighted by atomic mass is 32.1. The van der Waals surface area contributed by atoms with Gasteiger partial charge in [-0.15, -0.1) is 11.3 Å². The minimum Gasteiger partial charge on any atom is -0.386 e. The Bertz CT molecular complexity index is 403. The summed E-state index contributed by atoms with van der Waals surface area (Å²) in [5.41, 5.74) is 0.981. The molecular weight excluding hydrogens is 240 g/mol. The van der Waals surface area contributed by atoms with E-state index in [4.69, 9.17) is 0 Å². The van der Waals surface area contributed by atoms with Gasteiger partial charge in [0.2, 0.25) is 0 Å². The molecule has 1 aromatic heterocycles. The van der Waals surface area contributed by atoms with Crippen LogP contribution in [0.1, 0.15) is 23.5 Å². The number of amides is 2. The second kappa shape index (κ2) is 6.36. The number of aryl methyl sites for hydroxylation is 1. The minimum atomic E-state index is -0.770. The van der Waals surface area contributed by atoms with Crippen LogP contribution in [0.2, 0.25) is 0 Å². The highest BCUT2D eigenvalue weighted by molar-refractivity contribution is 7.10. The third-order valence-electron chi connectivity index (χ3n) is 2.20. The number of nitrogens with one attached hydrogen (secondary N) is 2. The largest absolute Gasteiger partial charge is 0.386 e. The quantitative estimate of drug-likeness (QED) is 0.680. The van der Waals surface area contributed by atoms with Crippen LogP contribution in [0, 0.1) is 6.92 Å². The van der Waals surface area contributed by atoms with Gasteiger partial charge in [-0.2, -0.15) is 0 Å². The van der Waals surface area contributed by atoms with Crippen LogP contribution in [-0.2, 0) is 9.59 Å². The second-order valence-corrected chi connectivity index (χ2v) is 4.50. The molecule has 5 nitrogen and oxygen atoms in total. The Morgan fingerprint density at radius 3 is 2.59 bits per heavy atom. The van der Waals surface area contributed by atoms with E-state index in [0.29, 0.717) is 6.54 Å². The maximum atomic E-state index is 11.3. The Balaban J connectivity index is 2.44. The molecule has 0 saturated heterocycles. The number of carbonyl (C=O) groups excluding carboxylic acids is 2. The summed E-state index contributed by atoms with van der Waals surface area (Å²) in [4.78, 5) is 23.2. The normalized spacial score (nSPS) is 11.9. The van der Waals surface area contributed by atoms with Gasteiger partial charge in [0.15, 0.2) is 0 Å². The van der Waals surface area contributed by atoms with Crippen molar-refractivity contribution in [2.75, 3.05) is 13.1 Å². The molecule has 0 aliphatic rings. The van der Waals surface area contributed by atoms with Crippen molar-refractivity contribution in [3.05, 3.63) is 21.9 Å². The molecule has 1 heterocycles. The molecule has 0 aromatic carbocycles. The van der Waals surface area contributed by atoms with Gasteiger partial charge in [-0.25, -0.2) is 0 Å². The molecule has 0 saturated carbocycles. The van der Waals surface area contributed by atoms with E-state index in [-0.39, 0.29) is 6.54 Å². The second-order valence-electron chi connectivity index (χ2n) is 3.55. The lowest BCUT2D eigenvalue weighted by Gasteiger charge is -2.11. The van der Waals surface area contributed by atoms with Crippen LogP contribution >= 0.6 is 11.3 Å². The molecule has 0 fully saturated rings. The zero-order valence-electron chi connectivity index (χ0n) is 9.82. The van der Waals surface area contributed by atoms with Crippen LogP contribution < -0.4 is 10.6 Å². The Morgan fingerprint density at radius 1 is 1.41 bits per heavy atom. The molecule has 1 atom stereocenters. The number of likely N-dealkylation sites (N-methyl/N-ethyl adjacent to an activating group) is 1. The maximum Gasteiger partial charge on any atom is 0.309 e. The SMILES string of the molecule is CCNC(=O)C(=O)NCC(O)c1sccc1C. The van der Waals surface area contributed by atoms with Gasteiger partial charge in [0.1, 0.15) is 6.10 Å². The fourth-order valence-corrected chi connectivity index (χ4v) is 2.24. The molecule has 0 spiro atoms. The summed E-state index contributed by atoms with van der Waals surface area (Å²) in [6.07, 6.45) is -0.770. The third-order valence-corrected chi connectivity index (χ3v) is 3.32. The zero-order valence-corrected chi connectivity index (χ0v) is 10.6. The summed E-state index contributed by atoms with van der Waals surface area (Å²) in [7, 11) is 0. The lowest BCUT2D eigenvalue weighted by molar-refractivity contribution is -0.139. The van der Waals surface area contributed by atoms with E-state index in [9.17, 15) is 14.7 Å². The van der Waals surface area contributed by atoms with Crippen molar-refractivity contribution in [3.63, 3.8) is 0 Å². The number of hydrogen-bond donors (Lipinski definition) is 3. The predicted molar refractivity (Wildman–Crippen MR) is 65.7 cm³/mol. The maximum absolute atomic E-state index is 11.3. The fourth-order valence-electron chi connectivity index (χ4n) is 1.33. The molecule has 1 aromatic rings. The molecule has 1 rings (SSSR count). The zero-order chi connectivity index (χ0) is 12.8. The average Bonchev–Trinajstić information content (AvgIpc) is 2.72. The molecule has 0 bridgehead atoms. The van der Waals surface area contributed by atoms with Crippen LogP contribution in [0.4, 0.5) is 0 Å². The monoisotopic (exact) mass is 256 g/mol. The Kier molecular flexibility index (Phi) is 5.11. The lowest BCUT2D eigenvalue weighted by Crippen LogP contribution is -2.41. The van der Waals surface area contributed by atoms with Gasteiger partial charge in [-0.3, -0.25) is 9.59 Å². The van der Waals surface area contributed by atoms with Crippen molar-refractivity contribution in [1.29, 1.82) is 0 Å². The van der Waals surface area contributed by atoms with Crippen LogP contribution in [-0.4, -0.2) is 30.0 Å². The smallest absolute Gasteiger partial charge is 0.309 e. The summed E-state index contributed by atoms with van der Waals surface area (Å²) < 4.78 is 0. The Morgan fingerprint density at radius 2 is 2.06 bits per heavy atom. The molecule has 3 N–H and O–H groups in total. The van der Waals surface area contributed by atoms with Gasteiger partial charge in [-0.05, 0) is 30.9 Å². The number of thiophene rings is 1. The number of hydrogen-bond acceptors (Lipinski definition) is 4. The lowest BCUT2D eigenvalue weighted by atomic mass is 10.2. The van der Waals surface area contributed by atoms with Crippen LogP contribution in [0.25, 0.3) is 0 Å². The standard InChI is InChI=1S/C11H16N2O3S/c1-3-12-10(15)11(16)13-6-8(14)9-7(2)4-5-17-9/h4-5,8,14H,3,6H2,1-2H3,(H,12,15)(H,13,16). The first-order valence-electron chi connectivity index (χ1n) is 5.34. The van der Waals surface area contributed by atoms with Gasteiger partial charge in [0.05, 0.1) is 0 Å². The Hall–Kier alpha value is -1.40. The highest BCUT2D eigenvalue weighted by Crippen LogP contribution is 2.22. The summed E-state index contributed by atoms with van der Waals surface area (Å²) in [5.74, 6) is -1.40. The fraction of sp³-hybridized carbons (Fsp3) is 0.455. The molecule has 0 radical (unpaired) electrons.